The number of carbonyl (C=O) groups excluding carboxylic acids is 2. The van der Waals surface area contributed by atoms with E-state index < -0.39 is 17.8 Å². The number of likely N-dealkylation sites (tertiary alicyclic amines) is 1. The van der Waals surface area contributed by atoms with Gasteiger partial charge in [-0.3, -0.25) is 4.98 Å². The van der Waals surface area contributed by atoms with Gasteiger partial charge < -0.3 is 24.8 Å². The number of piperidine rings is 1. The summed E-state index contributed by atoms with van der Waals surface area (Å²) >= 11 is 0. The fraction of sp³-hybridized carbons (Fsp3) is 0.393. The molecular weight excluding hydrogens is 505 g/mol. The highest BCUT2D eigenvalue weighted by molar-refractivity contribution is 5.78. The summed E-state index contributed by atoms with van der Waals surface area (Å²) in [5, 5.41) is 0. The summed E-state index contributed by atoms with van der Waals surface area (Å²) in [5.41, 5.74) is 8.23. The van der Waals surface area contributed by atoms with Crippen molar-refractivity contribution in [2.45, 2.75) is 58.3 Å². The largest absolute Gasteiger partial charge is 0.474 e. The molecule has 11 heteroatoms. The number of amides is 1. The quantitative estimate of drug-likeness (QED) is 0.426. The number of halogens is 1. The number of aromatic nitrogens is 3. The predicted octanol–water partition coefficient (Wildman–Crippen LogP) is 3.85. The average Bonchev–Trinajstić information content (AvgIpc) is 2.92. The molecule has 1 fully saturated rings. The summed E-state index contributed by atoms with van der Waals surface area (Å²) in [5.74, 6) is -0.931. The number of benzene rings is 1. The third-order valence-electron chi connectivity index (χ3n) is 6.29. The van der Waals surface area contributed by atoms with Crippen LogP contribution in [0.1, 0.15) is 37.8 Å². The van der Waals surface area contributed by atoms with E-state index in [1.54, 1.807) is 42.4 Å². The zero-order valence-corrected chi connectivity index (χ0v) is 22.2. The Labute approximate surface area is 226 Å². The highest BCUT2D eigenvalue weighted by atomic mass is 19.1. The van der Waals surface area contributed by atoms with Gasteiger partial charge in [0.15, 0.2) is 0 Å². The molecule has 2 aromatic heterocycles. The lowest BCUT2D eigenvalue weighted by atomic mass is 10.0. The van der Waals surface area contributed by atoms with E-state index in [1.807, 2.05) is 19.9 Å². The Balaban J connectivity index is 1.33. The molecule has 1 saturated heterocycles. The summed E-state index contributed by atoms with van der Waals surface area (Å²) < 4.78 is 31.5. The number of pyridine rings is 1. The summed E-state index contributed by atoms with van der Waals surface area (Å²) in [6.45, 7) is 6.29. The first-order valence-electron chi connectivity index (χ1n) is 12.8. The maximum Gasteiger partial charge on any atom is 0.410 e. The van der Waals surface area contributed by atoms with E-state index in [1.165, 1.54) is 12.4 Å². The number of ether oxygens (including phenoxy) is 3. The molecule has 10 nitrogen and oxygen atoms in total. The van der Waals surface area contributed by atoms with E-state index in [0.29, 0.717) is 42.6 Å². The molecule has 0 spiro atoms. The van der Waals surface area contributed by atoms with Crippen molar-refractivity contribution in [3.63, 3.8) is 0 Å². The van der Waals surface area contributed by atoms with Crippen LogP contribution >= 0.6 is 0 Å². The third-order valence-corrected chi connectivity index (χ3v) is 6.29. The van der Waals surface area contributed by atoms with Gasteiger partial charge in [0.1, 0.15) is 24.3 Å². The first kappa shape index (κ1) is 27.9. The van der Waals surface area contributed by atoms with E-state index in [-0.39, 0.29) is 36.5 Å². The van der Waals surface area contributed by atoms with Gasteiger partial charge in [-0.05, 0) is 44.0 Å². The zero-order chi connectivity index (χ0) is 27.9. The van der Waals surface area contributed by atoms with Gasteiger partial charge >= 0.3 is 12.1 Å². The average molecular weight is 538 g/mol. The van der Waals surface area contributed by atoms with Crippen LogP contribution in [0.25, 0.3) is 11.1 Å². The Hall–Kier alpha value is -4.12. The fourth-order valence-electron chi connectivity index (χ4n) is 4.15. The molecule has 39 heavy (non-hydrogen) atoms. The van der Waals surface area contributed by atoms with Crippen LogP contribution in [-0.4, -0.2) is 63.3 Å². The summed E-state index contributed by atoms with van der Waals surface area (Å²) in [6, 6.07) is 7.23. The van der Waals surface area contributed by atoms with Gasteiger partial charge in [0.25, 0.3) is 0 Å². The maximum absolute atomic E-state index is 14.8. The minimum atomic E-state index is -1.11. The van der Waals surface area contributed by atoms with E-state index >= 15 is 0 Å². The monoisotopic (exact) mass is 537 g/mol. The number of esters is 1. The smallest absolute Gasteiger partial charge is 0.410 e. The Bertz CT molecular complexity index is 1300. The van der Waals surface area contributed by atoms with Gasteiger partial charge in [-0.15, -0.1) is 0 Å². The number of carbonyl (C=O) groups is 2. The molecule has 0 aliphatic carbocycles. The molecule has 4 rings (SSSR count). The number of rotatable bonds is 8. The minimum absolute atomic E-state index is 0.0193. The lowest BCUT2D eigenvalue weighted by molar-refractivity contribution is -0.136. The second kappa shape index (κ2) is 12.6. The highest BCUT2D eigenvalue weighted by Crippen LogP contribution is 2.27. The van der Waals surface area contributed by atoms with Gasteiger partial charge in [-0.2, -0.15) is 0 Å². The molecule has 3 heterocycles. The Morgan fingerprint density at radius 1 is 1.13 bits per heavy atom. The normalized spacial score (nSPS) is 14.7. The standard InChI is InChI=1S/C28H32FN5O5/c1-17(2)37-28(36)34-11-8-22(9-12-34)38-25-18(3)26(33-16-32-25)39-27(35)24(30)14-20-7-6-19(13-23(20)29)21-5-4-10-31-15-21/h4-7,10,13,15-17,22,24H,8-9,11-12,14,30H2,1-3H3/t24-/m0/s1. The molecule has 1 aliphatic rings. The molecular formula is C28H32FN5O5. The Kier molecular flexibility index (Phi) is 9.03. The lowest BCUT2D eigenvalue weighted by Crippen LogP contribution is -2.42. The molecule has 3 aromatic rings. The minimum Gasteiger partial charge on any atom is -0.474 e. The molecule has 1 aromatic carbocycles. The fourth-order valence-corrected chi connectivity index (χ4v) is 4.15. The molecule has 206 valence electrons. The Morgan fingerprint density at radius 3 is 2.54 bits per heavy atom. The van der Waals surface area contributed by atoms with Crippen molar-refractivity contribution in [3.8, 4) is 22.9 Å². The van der Waals surface area contributed by atoms with Gasteiger partial charge in [0.2, 0.25) is 11.8 Å². The van der Waals surface area contributed by atoms with Crippen LogP contribution in [0.4, 0.5) is 9.18 Å². The Morgan fingerprint density at radius 2 is 1.87 bits per heavy atom. The topological polar surface area (TPSA) is 130 Å². The maximum atomic E-state index is 14.8. The van der Waals surface area contributed by atoms with Crippen molar-refractivity contribution >= 4 is 12.1 Å². The van der Waals surface area contributed by atoms with Gasteiger partial charge in [0.05, 0.1) is 11.7 Å². The van der Waals surface area contributed by atoms with Crippen LogP contribution in [0.3, 0.4) is 0 Å². The molecule has 1 atom stereocenters. The van der Waals surface area contributed by atoms with E-state index in [0.717, 1.165) is 5.56 Å². The second-order valence-corrected chi connectivity index (χ2v) is 9.63. The number of hydrogen-bond donors (Lipinski definition) is 1. The summed E-state index contributed by atoms with van der Waals surface area (Å²) in [6.07, 6.45) is 4.98. The highest BCUT2D eigenvalue weighted by Gasteiger charge is 2.27. The van der Waals surface area contributed by atoms with E-state index in [4.69, 9.17) is 19.9 Å². The van der Waals surface area contributed by atoms with Crippen LogP contribution < -0.4 is 15.2 Å². The van der Waals surface area contributed by atoms with E-state index in [2.05, 4.69) is 15.0 Å². The molecule has 1 aliphatic heterocycles. The first-order chi connectivity index (χ1) is 18.7. The summed E-state index contributed by atoms with van der Waals surface area (Å²) in [4.78, 5) is 38.7. The number of nitrogens with two attached hydrogens (primary N) is 1. The van der Waals surface area contributed by atoms with Crippen LogP contribution in [0, 0.1) is 12.7 Å². The third kappa shape index (κ3) is 7.26. The van der Waals surface area contributed by atoms with Crippen LogP contribution in [-0.2, 0) is 16.0 Å². The van der Waals surface area contributed by atoms with Crippen molar-refractivity contribution in [2.75, 3.05) is 13.1 Å². The van der Waals surface area contributed by atoms with Gasteiger partial charge in [-0.25, -0.2) is 23.9 Å². The van der Waals surface area contributed by atoms with Crippen molar-refractivity contribution in [1.29, 1.82) is 0 Å². The van der Waals surface area contributed by atoms with Crippen LogP contribution in [0.5, 0.6) is 11.8 Å². The van der Waals surface area contributed by atoms with E-state index in [9.17, 15) is 14.0 Å². The van der Waals surface area contributed by atoms with Crippen LogP contribution in [0.2, 0.25) is 0 Å². The first-order valence-corrected chi connectivity index (χ1v) is 12.8. The van der Waals surface area contributed by atoms with Gasteiger partial charge in [-0.1, -0.05) is 18.2 Å². The molecule has 0 bridgehead atoms. The molecule has 0 radical (unpaired) electrons. The van der Waals surface area contributed by atoms with Crippen molar-refractivity contribution in [2.24, 2.45) is 5.73 Å². The molecule has 2 N–H and O–H groups in total. The van der Waals surface area contributed by atoms with Crippen LogP contribution in [0.15, 0.2) is 49.1 Å². The van der Waals surface area contributed by atoms with Gasteiger partial charge in [0, 0.05) is 50.3 Å². The zero-order valence-electron chi connectivity index (χ0n) is 22.2. The van der Waals surface area contributed by atoms with Crippen molar-refractivity contribution in [1.82, 2.24) is 19.9 Å². The summed E-state index contributed by atoms with van der Waals surface area (Å²) in [7, 11) is 0. The number of hydrogen-bond acceptors (Lipinski definition) is 9. The van der Waals surface area contributed by atoms with Crippen molar-refractivity contribution in [3.05, 3.63) is 66.0 Å². The van der Waals surface area contributed by atoms with Crippen molar-refractivity contribution < 1.29 is 28.2 Å². The second-order valence-electron chi connectivity index (χ2n) is 9.63. The molecule has 0 saturated carbocycles. The lowest BCUT2D eigenvalue weighted by Gasteiger charge is -2.31. The molecule has 1 amide bonds. The molecule has 0 unspecified atom stereocenters. The SMILES string of the molecule is Cc1c(OC(=O)[C@@H](N)Cc2ccc(-c3cccnc3)cc2F)ncnc1OC1CCN(C(=O)OC(C)C)CC1. The predicted molar refractivity (Wildman–Crippen MR) is 141 cm³/mol. The number of nitrogens with zero attached hydrogens (tertiary/aromatic N) is 4.